The largest absolute Gasteiger partial charge is 0.497 e. The van der Waals surface area contributed by atoms with Crippen LogP contribution in [0.25, 0.3) is 6.08 Å². The highest BCUT2D eigenvalue weighted by atomic mass is 19.1. The van der Waals surface area contributed by atoms with Crippen molar-refractivity contribution < 1.29 is 18.3 Å². The number of hydrogen-bond acceptors (Lipinski definition) is 2. The Morgan fingerprint density at radius 2 is 1.80 bits per heavy atom. The summed E-state index contributed by atoms with van der Waals surface area (Å²) >= 11 is 0. The fourth-order valence-electron chi connectivity index (χ4n) is 1.65. The molecular weight excluding hydrogens is 262 g/mol. The molecule has 2 nitrogen and oxygen atoms in total. The van der Waals surface area contributed by atoms with Gasteiger partial charge in [0.05, 0.1) is 7.11 Å². The molecule has 20 heavy (non-hydrogen) atoms. The predicted molar refractivity (Wildman–Crippen MR) is 72.7 cm³/mol. The topological polar surface area (TPSA) is 26.3 Å². The molecule has 0 N–H and O–H groups in total. The average molecular weight is 274 g/mol. The number of allylic oxidation sites excluding steroid dienone is 1. The molecule has 102 valence electrons. The van der Waals surface area contributed by atoms with E-state index in [1.54, 1.807) is 24.3 Å². The van der Waals surface area contributed by atoms with Crippen molar-refractivity contribution in [1.29, 1.82) is 0 Å². The number of hydrogen-bond donors (Lipinski definition) is 0. The Morgan fingerprint density at radius 3 is 2.40 bits per heavy atom. The molecule has 0 bridgehead atoms. The SMILES string of the molecule is COc1ccc(C(=O)C=Cc2ccc(F)cc2F)cc1. The molecule has 0 aliphatic heterocycles. The molecule has 2 rings (SSSR count). The molecule has 0 atom stereocenters. The smallest absolute Gasteiger partial charge is 0.185 e. The molecule has 2 aromatic carbocycles. The minimum atomic E-state index is -0.705. The summed E-state index contributed by atoms with van der Waals surface area (Å²) in [7, 11) is 1.54. The summed E-state index contributed by atoms with van der Waals surface area (Å²) in [5, 5.41) is 0. The summed E-state index contributed by atoms with van der Waals surface area (Å²) in [4.78, 5) is 11.9. The Balaban J connectivity index is 2.15. The molecule has 0 radical (unpaired) electrons. The van der Waals surface area contributed by atoms with Gasteiger partial charge in [-0.1, -0.05) is 0 Å². The maximum atomic E-state index is 13.4. The van der Waals surface area contributed by atoms with Crippen LogP contribution in [0, 0.1) is 11.6 Å². The highest BCUT2D eigenvalue weighted by Crippen LogP contribution is 2.14. The molecule has 0 aliphatic rings. The molecule has 0 amide bonds. The van der Waals surface area contributed by atoms with Crippen LogP contribution < -0.4 is 4.74 Å². The monoisotopic (exact) mass is 274 g/mol. The highest BCUT2D eigenvalue weighted by Gasteiger charge is 2.04. The Labute approximate surface area is 115 Å². The van der Waals surface area contributed by atoms with Crippen LogP contribution in [0.15, 0.2) is 48.5 Å². The molecule has 0 aliphatic carbocycles. The fraction of sp³-hybridized carbons (Fsp3) is 0.0625. The van der Waals surface area contributed by atoms with Crippen LogP contribution >= 0.6 is 0 Å². The van der Waals surface area contributed by atoms with Gasteiger partial charge in [0, 0.05) is 17.2 Å². The van der Waals surface area contributed by atoms with E-state index in [4.69, 9.17) is 4.74 Å². The molecule has 0 aromatic heterocycles. The van der Waals surface area contributed by atoms with Crippen molar-refractivity contribution in [2.45, 2.75) is 0 Å². The molecule has 4 heteroatoms. The summed E-state index contributed by atoms with van der Waals surface area (Å²) < 4.78 is 31.1. The van der Waals surface area contributed by atoms with Gasteiger partial charge in [0.2, 0.25) is 0 Å². The Morgan fingerprint density at radius 1 is 1.10 bits per heavy atom. The van der Waals surface area contributed by atoms with E-state index in [0.29, 0.717) is 11.3 Å². The standard InChI is InChI=1S/C16H12F2O2/c1-20-14-7-3-12(4-8-14)16(19)9-5-11-2-6-13(17)10-15(11)18/h2-10H,1H3. The zero-order chi connectivity index (χ0) is 14.5. The molecule has 0 saturated carbocycles. The summed E-state index contributed by atoms with van der Waals surface area (Å²) in [6.45, 7) is 0. The van der Waals surface area contributed by atoms with E-state index in [9.17, 15) is 13.6 Å². The van der Waals surface area contributed by atoms with Crippen LogP contribution in [0.4, 0.5) is 8.78 Å². The van der Waals surface area contributed by atoms with Crippen molar-refractivity contribution in [3.8, 4) is 5.75 Å². The Bertz CT molecular complexity index is 646. The fourth-order valence-corrected chi connectivity index (χ4v) is 1.65. The van der Waals surface area contributed by atoms with Crippen molar-refractivity contribution in [2.75, 3.05) is 7.11 Å². The van der Waals surface area contributed by atoms with Crippen molar-refractivity contribution >= 4 is 11.9 Å². The first-order valence-electron chi connectivity index (χ1n) is 5.91. The lowest BCUT2D eigenvalue weighted by molar-refractivity contribution is 0.104. The van der Waals surface area contributed by atoms with Crippen LogP contribution in [-0.4, -0.2) is 12.9 Å². The number of halogens is 2. The predicted octanol–water partition coefficient (Wildman–Crippen LogP) is 3.87. The molecule has 0 fully saturated rings. The van der Waals surface area contributed by atoms with E-state index in [0.717, 1.165) is 12.1 Å². The van der Waals surface area contributed by atoms with Gasteiger partial charge in [-0.3, -0.25) is 4.79 Å². The summed E-state index contributed by atoms with van der Waals surface area (Å²) in [5.41, 5.74) is 0.623. The number of carbonyl (C=O) groups excluding carboxylic acids is 1. The number of ether oxygens (including phenoxy) is 1. The lowest BCUT2D eigenvalue weighted by Gasteiger charge is -2.00. The normalized spacial score (nSPS) is 10.8. The molecule has 2 aromatic rings. The lowest BCUT2D eigenvalue weighted by Crippen LogP contribution is -1.94. The lowest BCUT2D eigenvalue weighted by atomic mass is 10.1. The van der Waals surface area contributed by atoms with Gasteiger partial charge in [-0.2, -0.15) is 0 Å². The van der Waals surface area contributed by atoms with Gasteiger partial charge in [0.25, 0.3) is 0 Å². The third kappa shape index (κ3) is 3.29. The molecule has 0 unspecified atom stereocenters. The second-order valence-corrected chi connectivity index (χ2v) is 4.09. The van der Waals surface area contributed by atoms with E-state index in [2.05, 4.69) is 0 Å². The van der Waals surface area contributed by atoms with Gasteiger partial charge >= 0.3 is 0 Å². The van der Waals surface area contributed by atoms with E-state index in [-0.39, 0.29) is 11.3 Å². The summed E-state index contributed by atoms with van der Waals surface area (Å²) in [5.74, 6) is -0.976. The molecular formula is C16H12F2O2. The minimum Gasteiger partial charge on any atom is -0.497 e. The number of ketones is 1. The number of carbonyl (C=O) groups is 1. The van der Waals surface area contributed by atoms with Crippen molar-refractivity contribution in [3.63, 3.8) is 0 Å². The van der Waals surface area contributed by atoms with Gasteiger partial charge < -0.3 is 4.74 Å². The van der Waals surface area contributed by atoms with Crippen LogP contribution in [0.3, 0.4) is 0 Å². The number of benzene rings is 2. The van der Waals surface area contributed by atoms with Crippen LogP contribution in [-0.2, 0) is 0 Å². The van der Waals surface area contributed by atoms with Crippen molar-refractivity contribution in [2.24, 2.45) is 0 Å². The second kappa shape index (κ2) is 6.10. The van der Waals surface area contributed by atoms with Gasteiger partial charge in [-0.25, -0.2) is 8.78 Å². The zero-order valence-electron chi connectivity index (χ0n) is 10.8. The van der Waals surface area contributed by atoms with E-state index < -0.39 is 11.6 Å². The zero-order valence-corrected chi connectivity index (χ0v) is 10.8. The first kappa shape index (κ1) is 13.9. The maximum Gasteiger partial charge on any atom is 0.185 e. The summed E-state index contributed by atoms with van der Waals surface area (Å²) in [6, 6.07) is 9.76. The first-order chi connectivity index (χ1) is 9.60. The second-order valence-electron chi connectivity index (χ2n) is 4.09. The molecule has 0 heterocycles. The highest BCUT2D eigenvalue weighted by molar-refractivity contribution is 6.06. The maximum absolute atomic E-state index is 13.4. The van der Waals surface area contributed by atoms with Crippen molar-refractivity contribution in [1.82, 2.24) is 0 Å². The van der Waals surface area contributed by atoms with E-state index in [1.165, 1.54) is 25.3 Å². The Kier molecular flexibility index (Phi) is 4.25. The number of methoxy groups -OCH3 is 1. The van der Waals surface area contributed by atoms with Crippen LogP contribution in [0.1, 0.15) is 15.9 Å². The third-order valence-corrected chi connectivity index (χ3v) is 2.75. The third-order valence-electron chi connectivity index (χ3n) is 2.75. The van der Waals surface area contributed by atoms with Gasteiger partial charge in [-0.15, -0.1) is 0 Å². The van der Waals surface area contributed by atoms with E-state index in [1.807, 2.05) is 0 Å². The van der Waals surface area contributed by atoms with Gasteiger partial charge in [0.15, 0.2) is 5.78 Å². The minimum absolute atomic E-state index is 0.160. The number of rotatable bonds is 4. The van der Waals surface area contributed by atoms with Crippen LogP contribution in [0.5, 0.6) is 5.75 Å². The summed E-state index contributed by atoms with van der Waals surface area (Å²) in [6.07, 6.45) is 2.57. The molecule has 0 spiro atoms. The van der Waals surface area contributed by atoms with Crippen LogP contribution in [0.2, 0.25) is 0 Å². The Hall–Kier alpha value is -2.49. The average Bonchev–Trinajstić information content (AvgIpc) is 2.46. The quantitative estimate of drug-likeness (QED) is 0.625. The van der Waals surface area contributed by atoms with Gasteiger partial charge in [0.1, 0.15) is 17.4 Å². The van der Waals surface area contributed by atoms with Gasteiger partial charge in [-0.05, 0) is 48.6 Å². The first-order valence-corrected chi connectivity index (χ1v) is 5.91. The van der Waals surface area contributed by atoms with E-state index >= 15 is 0 Å². The van der Waals surface area contributed by atoms with Crippen molar-refractivity contribution in [3.05, 3.63) is 71.3 Å². The molecule has 0 saturated heterocycles.